The van der Waals surface area contributed by atoms with E-state index in [2.05, 4.69) is 235 Å². The SMILES string of the molecule is c1ccc(C2(c3ccccc3)c3ccccc3-c3c(N(c4ccc(-c5ccc(-c6ccc7ccccc7c6)cc5)cc4)c4cccc5c4oc4ccccc45)cccc32)cc1. The number of hydrogen-bond donors (Lipinski definition) is 0. The molecule has 0 radical (unpaired) electrons. The lowest BCUT2D eigenvalue weighted by Crippen LogP contribution is -2.28. The fourth-order valence-electron chi connectivity index (χ4n) is 10.0. The summed E-state index contributed by atoms with van der Waals surface area (Å²) in [7, 11) is 0. The zero-order valence-corrected chi connectivity index (χ0v) is 33.4. The van der Waals surface area contributed by atoms with Gasteiger partial charge in [-0.15, -0.1) is 0 Å². The minimum absolute atomic E-state index is 0.523. The number of benzene rings is 10. The van der Waals surface area contributed by atoms with Crippen LogP contribution in [0.15, 0.2) is 241 Å². The molecule has 1 aliphatic rings. The lowest BCUT2D eigenvalue weighted by molar-refractivity contribution is 0.669. The van der Waals surface area contributed by atoms with Crippen LogP contribution in [0.3, 0.4) is 0 Å². The van der Waals surface area contributed by atoms with E-state index in [0.29, 0.717) is 0 Å². The Balaban J connectivity index is 1.05. The van der Waals surface area contributed by atoms with E-state index in [-0.39, 0.29) is 0 Å². The first-order chi connectivity index (χ1) is 30.3. The molecule has 1 aliphatic carbocycles. The van der Waals surface area contributed by atoms with Crippen LogP contribution >= 0.6 is 0 Å². The summed E-state index contributed by atoms with van der Waals surface area (Å²) in [6.07, 6.45) is 0. The first kappa shape index (κ1) is 35.0. The molecule has 0 bridgehead atoms. The topological polar surface area (TPSA) is 16.4 Å². The van der Waals surface area contributed by atoms with Gasteiger partial charge in [0.1, 0.15) is 5.58 Å². The quantitative estimate of drug-likeness (QED) is 0.160. The van der Waals surface area contributed by atoms with Gasteiger partial charge in [-0.1, -0.05) is 200 Å². The van der Waals surface area contributed by atoms with E-state index in [1.807, 2.05) is 6.07 Å². The second-order valence-corrected chi connectivity index (χ2v) is 16.0. The molecule has 0 N–H and O–H groups in total. The Morgan fingerprint density at radius 2 is 0.902 bits per heavy atom. The molecule has 10 aromatic carbocycles. The van der Waals surface area contributed by atoms with Gasteiger partial charge in [0.2, 0.25) is 0 Å². The minimum atomic E-state index is -0.523. The van der Waals surface area contributed by atoms with Crippen LogP contribution in [0.1, 0.15) is 22.3 Å². The second kappa shape index (κ2) is 14.1. The summed E-state index contributed by atoms with van der Waals surface area (Å²) < 4.78 is 6.80. The van der Waals surface area contributed by atoms with Gasteiger partial charge in [-0.25, -0.2) is 0 Å². The van der Waals surface area contributed by atoms with Gasteiger partial charge in [-0.2, -0.15) is 0 Å². The molecule has 0 saturated heterocycles. The Labute approximate surface area is 355 Å². The molecule has 0 fully saturated rings. The Morgan fingerprint density at radius 3 is 1.66 bits per heavy atom. The summed E-state index contributed by atoms with van der Waals surface area (Å²) in [6, 6.07) is 85.9. The summed E-state index contributed by atoms with van der Waals surface area (Å²) in [4.78, 5) is 2.42. The molecule has 0 saturated carbocycles. The van der Waals surface area contributed by atoms with Gasteiger partial charge in [-0.05, 0) is 97.2 Å². The molecule has 0 atom stereocenters. The molecule has 2 heteroatoms. The predicted molar refractivity (Wildman–Crippen MR) is 254 cm³/mol. The van der Waals surface area contributed by atoms with Crippen molar-refractivity contribution in [3.8, 4) is 33.4 Å². The Hall–Kier alpha value is -7.94. The lowest BCUT2D eigenvalue weighted by atomic mass is 9.68. The van der Waals surface area contributed by atoms with E-state index in [4.69, 9.17) is 4.42 Å². The largest absolute Gasteiger partial charge is 0.454 e. The molecule has 1 heterocycles. The van der Waals surface area contributed by atoms with Crippen molar-refractivity contribution in [2.45, 2.75) is 5.41 Å². The molecule has 286 valence electrons. The standard InChI is InChI=1S/C59H39NO/c1-3-17-46(18-4-1)59(47-19-5-2-6-20-47)52-24-11-9-22-51(52)57-53(59)25-14-26-54(57)60(55-27-13-23-50-49-21-10-12-28-56(49)61-58(50)55)48-37-35-42(36-38-48)41-29-31-43(32-30-41)45-34-33-40-15-7-8-16-44(40)39-45/h1-39H. The molecule has 61 heavy (non-hydrogen) atoms. The van der Waals surface area contributed by atoms with Gasteiger partial charge in [0.25, 0.3) is 0 Å². The lowest BCUT2D eigenvalue weighted by Gasteiger charge is -2.34. The van der Waals surface area contributed by atoms with Crippen molar-refractivity contribution < 1.29 is 4.42 Å². The smallest absolute Gasteiger partial charge is 0.159 e. The molecular formula is C59H39NO. The fraction of sp³-hybridized carbons (Fsp3) is 0.0169. The fourth-order valence-corrected chi connectivity index (χ4v) is 10.0. The molecular weight excluding hydrogens is 739 g/mol. The molecule has 12 rings (SSSR count). The summed E-state index contributed by atoms with van der Waals surface area (Å²) in [5.41, 5.74) is 16.6. The third kappa shape index (κ3) is 5.50. The minimum Gasteiger partial charge on any atom is -0.454 e. The third-order valence-corrected chi connectivity index (χ3v) is 12.8. The van der Waals surface area contributed by atoms with Crippen molar-refractivity contribution in [3.05, 3.63) is 259 Å². The van der Waals surface area contributed by atoms with Crippen molar-refractivity contribution in [1.29, 1.82) is 0 Å². The first-order valence-corrected chi connectivity index (χ1v) is 21.0. The van der Waals surface area contributed by atoms with E-state index in [1.165, 1.54) is 60.8 Å². The monoisotopic (exact) mass is 777 g/mol. The average molecular weight is 778 g/mol. The highest BCUT2D eigenvalue weighted by Gasteiger charge is 2.47. The molecule has 0 unspecified atom stereocenters. The van der Waals surface area contributed by atoms with Crippen molar-refractivity contribution in [3.63, 3.8) is 0 Å². The van der Waals surface area contributed by atoms with Crippen molar-refractivity contribution in [2.24, 2.45) is 0 Å². The van der Waals surface area contributed by atoms with Crippen LogP contribution in [-0.4, -0.2) is 0 Å². The second-order valence-electron chi connectivity index (χ2n) is 16.0. The van der Waals surface area contributed by atoms with Crippen LogP contribution in [-0.2, 0) is 5.41 Å². The van der Waals surface area contributed by atoms with Gasteiger partial charge < -0.3 is 9.32 Å². The molecule has 0 aliphatic heterocycles. The first-order valence-electron chi connectivity index (χ1n) is 21.0. The number of anilines is 3. The van der Waals surface area contributed by atoms with E-state index in [9.17, 15) is 0 Å². The zero-order chi connectivity index (χ0) is 40.3. The van der Waals surface area contributed by atoms with E-state index >= 15 is 0 Å². The Kier molecular flexibility index (Phi) is 8.11. The maximum Gasteiger partial charge on any atom is 0.159 e. The van der Waals surface area contributed by atoms with E-state index in [0.717, 1.165) is 44.6 Å². The highest BCUT2D eigenvalue weighted by atomic mass is 16.3. The maximum atomic E-state index is 6.80. The van der Waals surface area contributed by atoms with E-state index < -0.39 is 5.41 Å². The van der Waals surface area contributed by atoms with Crippen LogP contribution in [0.25, 0.3) is 66.1 Å². The Morgan fingerprint density at radius 1 is 0.361 bits per heavy atom. The van der Waals surface area contributed by atoms with Crippen LogP contribution in [0.5, 0.6) is 0 Å². The van der Waals surface area contributed by atoms with Crippen LogP contribution in [0.4, 0.5) is 17.1 Å². The van der Waals surface area contributed by atoms with E-state index in [1.54, 1.807) is 0 Å². The summed E-state index contributed by atoms with van der Waals surface area (Å²) in [5.74, 6) is 0. The van der Waals surface area contributed by atoms with Gasteiger partial charge in [-0.3, -0.25) is 0 Å². The number of nitrogens with zero attached hydrogens (tertiary/aromatic N) is 1. The number of hydrogen-bond acceptors (Lipinski definition) is 2. The van der Waals surface area contributed by atoms with Gasteiger partial charge in [0.05, 0.1) is 16.8 Å². The molecule has 2 nitrogen and oxygen atoms in total. The summed E-state index contributed by atoms with van der Waals surface area (Å²) in [6.45, 7) is 0. The predicted octanol–water partition coefficient (Wildman–Crippen LogP) is 15.9. The Bertz CT molecular complexity index is 3360. The van der Waals surface area contributed by atoms with Crippen molar-refractivity contribution in [2.75, 3.05) is 4.90 Å². The molecule has 1 aromatic heterocycles. The average Bonchev–Trinajstić information content (AvgIpc) is 3.87. The van der Waals surface area contributed by atoms with Crippen LogP contribution in [0.2, 0.25) is 0 Å². The van der Waals surface area contributed by atoms with Crippen molar-refractivity contribution in [1.82, 2.24) is 0 Å². The summed E-state index contributed by atoms with van der Waals surface area (Å²) >= 11 is 0. The maximum absolute atomic E-state index is 6.80. The number of furan rings is 1. The molecule has 11 aromatic rings. The van der Waals surface area contributed by atoms with Crippen molar-refractivity contribution >= 4 is 49.8 Å². The highest BCUT2D eigenvalue weighted by Crippen LogP contribution is 2.59. The van der Waals surface area contributed by atoms with Gasteiger partial charge >= 0.3 is 0 Å². The zero-order valence-electron chi connectivity index (χ0n) is 33.4. The number of fused-ring (bicyclic) bond motifs is 7. The highest BCUT2D eigenvalue weighted by molar-refractivity contribution is 6.11. The summed E-state index contributed by atoms with van der Waals surface area (Å²) in [5, 5.41) is 4.71. The third-order valence-electron chi connectivity index (χ3n) is 12.8. The van der Waals surface area contributed by atoms with Gasteiger partial charge in [0, 0.05) is 22.0 Å². The van der Waals surface area contributed by atoms with Gasteiger partial charge in [0.15, 0.2) is 5.58 Å². The number of para-hydroxylation sites is 2. The number of rotatable bonds is 7. The van der Waals surface area contributed by atoms with Crippen LogP contribution in [0, 0.1) is 0 Å². The normalized spacial score (nSPS) is 12.7. The van der Waals surface area contributed by atoms with Crippen LogP contribution < -0.4 is 4.90 Å². The molecule has 0 spiro atoms. The molecule has 0 amide bonds.